The van der Waals surface area contributed by atoms with E-state index in [0.717, 1.165) is 21.9 Å². The molecule has 4 aromatic rings. The van der Waals surface area contributed by atoms with Crippen LogP contribution in [0.4, 0.5) is 0 Å². The third kappa shape index (κ3) is 2.50. The van der Waals surface area contributed by atoms with Gasteiger partial charge in [-0.15, -0.1) is 11.3 Å². The molecule has 5 nitrogen and oxygen atoms in total. The van der Waals surface area contributed by atoms with Crippen LogP contribution < -0.4 is 5.56 Å². The summed E-state index contributed by atoms with van der Waals surface area (Å²) in [5, 5.41) is 13.9. The van der Waals surface area contributed by atoms with Crippen molar-refractivity contribution in [2.75, 3.05) is 0 Å². The Kier molecular flexibility index (Phi) is 3.85. The first-order valence-electron chi connectivity index (χ1n) is 8.19. The first kappa shape index (κ1) is 16.5. The molecule has 0 aliphatic carbocycles. The van der Waals surface area contributed by atoms with E-state index in [4.69, 9.17) is 0 Å². The Morgan fingerprint density at radius 3 is 2.65 bits per heavy atom. The largest absolute Gasteiger partial charge is 0.480 e. The summed E-state index contributed by atoms with van der Waals surface area (Å²) in [6, 6.07) is 13.1. The molecule has 0 bridgehead atoms. The topological polar surface area (TPSA) is 72.2 Å². The van der Waals surface area contributed by atoms with Crippen LogP contribution in [-0.4, -0.2) is 20.6 Å². The zero-order chi connectivity index (χ0) is 18.4. The van der Waals surface area contributed by atoms with Gasteiger partial charge in [0, 0.05) is 10.9 Å². The number of hydrogen-bond donors (Lipinski definition) is 1. The molecular weight excluding hydrogens is 348 g/mol. The number of carbonyl (C=O) groups is 1. The third-order valence-corrected chi connectivity index (χ3v) is 5.49. The average molecular weight is 364 g/mol. The Hall–Kier alpha value is -2.99. The van der Waals surface area contributed by atoms with Gasteiger partial charge in [-0.05, 0) is 36.2 Å². The van der Waals surface area contributed by atoms with Gasteiger partial charge < -0.3 is 5.11 Å². The van der Waals surface area contributed by atoms with Gasteiger partial charge in [0.15, 0.2) is 0 Å². The van der Waals surface area contributed by atoms with Crippen LogP contribution in [0.15, 0.2) is 52.6 Å². The van der Waals surface area contributed by atoms with Crippen LogP contribution in [0, 0.1) is 6.92 Å². The Morgan fingerprint density at radius 1 is 1.19 bits per heavy atom. The van der Waals surface area contributed by atoms with Crippen molar-refractivity contribution < 1.29 is 9.90 Å². The van der Waals surface area contributed by atoms with Crippen LogP contribution in [0.1, 0.15) is 18.8 Å². The molecule has 1 N–H and O–H groups in total. The Bertz CT molecular complexity index is 1220. The van der Waals surface area contributed by atoms with E-state index in [-0.39, 0.29) is 5.56 Å². The number of thiophene rings is 1. The van der Waals surface area contributed by atoms with Crippen molar-refractivity contribution >= 4 is 38.3 Å². The number of fused-ring (bicyclic) bond motifs is 2. The fourth-order valence-electron chi connectivity index (χ4n) is 3.24. The van der Waals surface area contributed by atoms with E-state index in [1.165, 1.54) is 22.8 Å². The summed E-state index contributed by atoms with van der Waals surface area (Å²) >= 11 is 1.40. The van der Waals surface area contributed by atoms with Gasteiger partial charge in [0.05, 0.1) is 5.39 Å². The molecule has 1 atom stereocenters. The predicted octanol–water partition coefficient (Wildman–Crippen LogP) is 4.23. The van der Waals surface area contributed by atoms with Crippen molar-refractivity contribution in [1.29, 1.82) is 0 Å². The number of carboxylic acids is 1. The molecule has 0 saturated carbocycles. The number of aryl methyl sites for hydroxylation is 1. The summed E-state index contributed by atoms with van der Waals surface area (Å²) in [6.07, 6.45) is 0. The van der Waals surface area contributed by atoms with Crippen molar-refractivity contribution in [2.45, 2.75) is 19.9 Å². The standard InChI is InChI=1S/C20H16N2O3S/c1-11(20(24)25)22-12(2)21-18-17(19(22)23)16(10-26-18)15-8-7-13-5-3-4-6-14(13)9-15/h3-11H,1-2H3,(H,24,25). The number of rotatable bonds is 3. The number of aliphatic carboxylic acids is 1. The maximum absolute atomic E-state index is 13.1. The molecule has 26 heavy (non-hydrogen) atoms. The molecule has 6 heteroatoms. The molecule has 0 radical (unpaired) electrons. The lowest BCUT2D eigenvalue weighted by Gasteiger charge is -2.14. The molecule has 4 rings (SSSR count). The molecule has 130 valence electrons. The molecule has 1 unspecified atom stereocenters. The summed E-state index contributed by atoms with van der Waals surface area (Å²) in [5.74, 6) is -0.650. The summed E-state index contributed by atoms with van der Waals surface area (Å²) in [4.78, 5) is 29.6. The molecule has 0 amide bonds. The highest BCUT2D eigenvalue weighted by atomic mass is 32.1. The van der Waals surface area contributed by atoms with E-state index >= 15 is 0 Å². The lowest BCUT2D eigenvalue weighted by Crippen LogP contribution is -2.30. The predicted molar refractivity (Wildman–Crippen MR) is 104 cm³/mol. The van der Waals surface area contributed by atoms with Gasteiger partial charge in [0.1, 0.15) is 16.7 Å². The highest BCUT2D eigenvalue weighted by molar-refractivity contribution is 7.17. The van der Waals surface area contributed by atoms with Gasteiger partial charge in [-0.1, -0.05) is 36.4 Å². The average Bonchev–Trinajstić information content (AvgIpc) is 3.05. The Morgan fingerprint density at radius 2 is 1.92 bits per heavy atom. The number of nitrogens with zero attached hydrogens (tertiary/aromatic N) is 2. The van der Waals surface area contributed by atoms with Crippen molar-refractivity contribution in [1.82, 2.24) is 9.55 Å². The number of carboxylic acid groups (broad SMARTS) is 1. The minimum absolute atomic E-state index is 0.313. The van der Waals surface area contributed by atoms with Crippen LogP contribution in [0.25, 0.3) is 32.1 Å². The fraction of sp³-hybridized carbons (Fsp3) is 0.150. The van der Waals surface area contributed by atoms with Crippen LogP contribution in [0.5, 0.6) is 0 Å². The second kappa shape index (κ2) is 6.07. The molecule has 0 fully saturated rings. The molecule has 2 heterocycles. The van der Waals surface area contributed by atoms with Crippen LogP contribution in [0.2, 0.25) is 0 Å². The van der Waals surface area contributed by atoms with Gasteiger partial charge in [-0.2, -0.15) is 0 Å². The SMILES string of the molecule is Cc1nc2scc(-c3ccc4ccccc4c3)c2c(=O)n1C(C)C(=O)O. The van der Waals surface area contributed by atoms with Crippen molar-refractivity contribution in [3.8, 4) is 11.1 Å². The molecule has 0 aliphatic heterocycles. The Labute approximate surface area is 153 Å². The molecule has 2 aromatic heterocycles. The van der Waals surface area contributed by atoms with Gasteiger partial charge in [-0.3, -0.25) is 9.36 Å². The Balaban J connectivity index is 2.00. The number of benzene rings is 2. The second-order valence-corrected chi connectivity index (χ2v) is 7.10. The molecule has 0 saturated heterocycles. The van der Waals surface area contributed by atoms with Crippen LogP contribution in [-0.2, 0) is 4.79 Å². The zero-order valence-corrected chi connectivity index (χ0v) is 15.1. The van der Waals surface area contributed by atoms with Crippen molar-refractivity contribution in [3.05, 3.63) is 64.0 Å². The quantitative estimate of drug-likeness (QED) is 0.590. The summed E-state index contributed by atoms with van der Waals surface area (Å²) in [5.41, 5.74) is 1.40. The maximum atomic E-state index is 13.1. The first-order valence-corrected chi connectivity index (χ1v) is 9.07. The minimum atomic E-state index is -1.06. The summed E-state index contributed by atoms with van der Waals surface area (Å²) < 4.78 is 1.25. The van der Waals surface area contributed by atoms with Crippen LogP contribution in [0.3, 0.4) is 0 Å². The van der Waals surface area contributed by atoms with Crippen molar-refractivity contribution in [3.63, 3.8) is 0 Å². The third-order valence-electron chi connectivity index (χ3n) is 4.62. The van der Waals surface area contributed by atoms with Gasteiger partial charge in [0.25, 0.3) is 5.56 Å². The van der Waals surface area contributed by atoms with E-state index in [1.807, 2.05) is 47.8 Å². The van der Waals surface area contributed by atoms with E-state index in [2.05, 4.69) is 4.98 Å². The number of aromatic nitrogens is 2. The van der Waals surface area contributed by atoms with Crippen molar-refractivity contribution in [2.24, 2.45) is 0 Å². The highest BCUT2D eigenvalue weighted by Gasteiger charge is 2.22. The smallest absolute Gasteiger partial charge is 0.326 e. The second-order valence-electron chi connectivity index (χ2n) is 6.24. The normalized spacial score (nSPS) is 12.5. The van der Waals surface area contributed by atoms with Gasteiger partial charge >= 0.3 is 5.97 Å². The monoisotopic (exact) mass is 364 g/mol. The zero-order valence-electron chi connectivity index (χ0n) is 14.3. The van der Waals surface area contributed by atoms with E-state index in [1.54, 1.807) is 6.92 Å². The summed E-state index contributed by atoms with van der Waals surface area (Å²) in [6.45, 7) is 3.15. The van der Waals surface area contributed by atoms with Gasteiger partial charge in [-0.25, -0.2) is 9.78 Å². The van der Waals surface area contributed by atoms with E-state index < -0.39 is 12.0 Å². The molecule has 0 aliphatic rings. The van der Waals surface area contributed by atoms with E-state index in [9.17, 15) is 14.7 Å². The highest BCUT2D eigenvalue weighted by Crippen LogP contribution is 2.33. The fourth-order valence-corrected chi connectivity index (χ4v) is 4.22. The molecule has 2 aromatic carbocycles. The minimum Gasteiger partial charge on any atom is -0.480 e. The molecule has 0 spiro atoms. The summed E-state index contributed by atoms with van der Waals surface area (Å²) in [7, 11) is 0. The van der Waals surface area contributed by atoms with Crippen LogP contribution >= 0.6 is 11.3 Å². The first-order chi connectivity index (χ1) is 12.5. The maximum Gasteiger partial charge on any atom is 0.326 e. The van der Waals surface area contributed by atoms with Gasteiger partial charge in [0.2, 0.25) is 0 Å². The lowest BCUT2D eigenvalue weighted by atomic mass is 10.0. The van der Waals surface area contributed by atoms with E-state index in [0.29, 0.717) is 16.0 Å². The number of hydrogen-bond acceptors (Lipinski definition) is 4. The molecular formula is C20H16N2O3S. The lowest BCUT2D eigenvalue weighted by molar-refractivity contribution is -0.140.